The lowest BCUT2D eigenvalue weighted by atomic mass is 10.3. The summed E-state index contributed by atoms with van der Waals surface area (Å²) in [6.07, 6.45) is 0. The Morgan fingerprint density at radius 1 is 1.38 bits per heavy atom. The maximum absolute atomic E-state index is 12.0. The summed E-state index contributed by atoms with van der Waals surface area (Å²) in [4.78, 5) is 27.1. The zero-order chi connectivity index (χ0) is 15.4. The average molecular weight is 307 g/mol. The van der Waals surface area contributed by atoms with Crippen LogP contribution in [0.25, 0.3) is 11.0 Å². The maximum Gasteiger partial charge on any atom is 0.313 e. The van der Waals surface area contributed by atoms with Gasteiger partial charge in [0.25, 0.3) is 0 Å². The Hall–Kier alpha value is -2.02. The highest BCUT2D eigenvalue weighted by Gasteiger charge is 2.15. The smallest absolute Gasteiger partial charge is 0.313 e. The summed E-state index contributed by atoms with van der Waals surface area (Å²) in [5.41, 5.74) is 1.58. The van der Waals surface area contributed by atoms with Crippen molar-refractivity contribution in [1.29, 1.82) is 0 Å². The molecule has 2 rings (SSSR count). The molecule has 1 aromatic heterocycles. The van der Waals surface area contributed by atoms with E-state index in [0.717, 1.165) is 22.8 Å². The molecule has 1 amide bonds. The van der Waals surface area contributed by atoms with E-state index in [1.54, 1.807) is 4.57 Å². The predicted molar refractivity (Wildman–Crippen MR) is 81.4 cm³/mol. The van der Waals surface area contributed by atoms with Crippen LogP contribution in [0.4, 0.5) is 0 Å². The highest BCUT2D eigenvalue weighted by atomic mass is 32.2. The summed E-state index contributed by atoms with van der Waals surface area (Å²) >= 11 is 1.11. The number of aliphatic carboxylic acids is 1. The lowest BCUT2D eigenvalue weighted by Crippen LogP contribution is -2.33. The number of carbonyl (C=O) groups is 2. The Morgan fingerprint density at radius 2 is 2.10 bits per heavy atom. The van der Waals surface area contributed by atoms with Crippen LogP contribution in [0.3, 0.4) is 0 Å². The first-order valence-electron chi connectivity index (χ1n) is 6.56. The molecule has 1 heterocycles. The van der Waals surface area contributed by atoms with E-state index >= 15 is 0 Å². The number of nitrogens with one attached hydrogen (secondary N) is 1. The third-order valence-corrected chi connectivity index (χ3v) is 3.66. The molecule has 21 heavy (non-hydrogen) atoms. The highest BCUT2D eigenvalue weighted by molar-refractivity contribution is 7.99. The molecule has 0 atom stereocenters. The number of para-hydroxylation sites is 2. The quantitative estimate of drug-likeness (QED) is 0.794. The number of hydrogen-bond acceptors (Lipinski definition) is 4. The van der Waals surface area contributed by atoms with E-state index in [4.69, 9.17) is 5.11 Å². The molecule has 0 aliphatic heterocycles. The van der Waals surface area contributed by atoms with Gasteiger partial charge in [-0.2, -0.15) is 0 Å². The number of thioether (sulfide) groups is 1. The number of hydrogen-bond donors (Lipinski definition) is 2. The van der Waals surface area contributed by atoms with Crippen molar-refractivity contribution in [3.8, 4) is 0 Å². The van der Waals surface area contributed by atoms with Crippen molar-refractivity contribution in [2.75, 3.05) is 5.75 Å². The topological polar surface area (TPSA) is 84.2 Å². The molecule has 0 saturated heterocycles. The number of carbonyl (C=O) groups excluding carboxylic acids is 1. The van der Waals surface area contributed by atoms with Gasteiger partial charge in [0, 0.05) is 6.04 Å². The second-order valence-electron chi connectivity index (χ2n) is 4.87. The van der Waals surface area contributed by atoms with Gasteiger partial charge < -0.3 is 15.0 Å². The van der Waals surface area contributed by atoms with Crippen LogP contribution in [-0.4, -0.2) is 38.3 Å². The monoisotopic (exact) mass is 307 g/mol. The van der Waals surface area contributed by atoms with Gasteiger partial charge in [-0.1, -0.05) is 23.9 Å². The summed E-state index contributed by atoms with van der Waals surface area (Å²) < 4.78 is 1.75. The van der Waals surface area contributed by atoms with Crippen LogP contribution in [0.5, 0.6) is 0 Å². The van der Waals surface area contributed by atoms with Crippen LogP contribution in [-0.2, 0) is 16.1 Å². The molecular weight excluding hydrogens is 290 g/mol. The molecule has 7 heteroatoms. The molecule has 0 fully saturated rings. The van der Waals surface area contributed by atoms with Crippen LogP contribution in [0.15, 0.2) is 29.4 Å². The lowest BCUT2D eigenvalue weighted by molar-refractivity contribution is -0.133. The van der Waals surface area contributed by atoms with E-state index in [0.29, 0.717) is 5.16 Å². The van der Waals surface area contributed by atoms with Gasteiger partial charge in [-0.3, -0.25) is 9.59 Å². The first-order valence-corrected chi connectivity index (χ1v) is 7.55. The van der Waals surface area contributed by atoms with Gasteiger partial charge in [0.15, 0.2) is 5.16 Å². The number of nitrogens with zero attached hydrogens (tertiary/aromatic N) is 2. The van der Waals surface area contributed by atoms with Crippen LogP contribution in [0, 0.1) is 0 Å². The number of amides is 1. The molecule has 112 valence electrons. The van der Waals surface area contributed by atoms with Gasteiger partial charge in [-0.15, -0.1) is 0 Å². The van der Waals surface area contributed by atoms with E-state index < -0.39 is 5.97 Å². The van der Waals surface area contributed by atoms with Crippen molar-refractivity contribution >= 4 is 34.7 Å². The van der Waals surface area contributed by atoms with Crippen LogP contribution in [0.2, 0.25) is 0 Å². The second kappa shape index (κ2) is 6.62. The first kappa shape index (κ1) is 15.4. The third kappa shape index (κ3) is 3.98. The highest BCUT2D eigenvalue weighted by Crippen LogP contribution is 2.23. The fourth-order valence-corrected chi connectivity index (χ4v) is 2.69. The zero-order valence-electron chi connectivity index (χ0n) is 11.9. The van der Waals surface area contributed by atoms with E-state index in [1.165, 1.54) is 0 Å². The van der Waals surface area contributed by atoms with Gasteiger partial charge >= 0.3 is 5.97 Å². The number of fused-ring (bicyclic) bond motifs is 1. The minimum absolute atomic E-state index is 0.0578. The summed E-state index contributed by atoms with van der Waals surface area (Å²) in [5.74, 6) is -1.12. The Morgan fingerprint density at radius 3 is 2.76 bits per heavy atom. The van der Waals surface area contributed by atoms with Crippen molar-refractivity contribution < 1.29 is 14.7 Å². The van der Waals surface area contributed by atoms with E-state index in [9.17, 15) is 9.59 Å². The lowest BCUT2D eigenvalue weighted by Gasteiger charge is -2.11. The number of carboxylic acids is 1. The standard InChI is InChI=1S/C14H17N3O3S/c1-9(2)15-12(18)7-17-11-6-4-3-5-10(11)16-14(17)21-8-13(19)20/h3-6,9H,7-8H2,1-2H3,(H,15,18)(H,19,20). The van der Waals surface area contributed by atoms with Gasteiger partial charge in [0.2, 0.25) is 5.91 Å². The number of rotatable bonds is 6. The minimum atomic E-state index is -0.912. The molecule has 0 saturated carbocycles. The Kier molecular flexibility index (Phi) is 4.85. The second-order valence-corrected chi connectivity index (χ2v) is 5.82. The summed E-state index contributed by atoms with van der Waals surface area (Å²) in [6.45, 7) is 3.91. The van der Waals surface area contributed by atoms with Crippen LogP contribution < -0.4 is 5.32 Å². The van der Waals surface area contributed by atoms with E-state index in [1.807, 2.05) is 38.1 Å². The molecule has 0 aliphatic carbocycles. The van der Waals surface area contributed by atoms with Crippen molar-refractivity contribution in [3.05, 3.63) is 24.3 Å². The van der Waals surface area contributed by atoms with Crippen molar-refractivity contribution in [1.82, 2.24) is 14.9 Å². The van der Waals surface area contributed by atoms with Gasteiger partial charge in [-0.05, 0) is 26.0 Å². The molecule has 0 spiro atoms. The van der Waals surface area contributed by atoms with Crippen molar-refractivity contribution in [2.24, 2.45) is 0 Å². The van der Waals surface area contributed by atoms with Crippen LogP contribution in [0.1, 0.15) is 13.8 Å². The van der Waals surface area contributed by atoms with Gasteiger partial charge in [0.1, 0.15) is 6.54 Å². The summed E-state index contributed by atoms with van der Waals surface area (Å²) in [5, 5.41) is 12.2. The van der Waals surface area contributed by atoms with E-state index in [-0.39, 0.29) is 24.2 Å². The van der Waals surface area contributed by atoms with Gasteiger partial charge in [-0.25, -0.2) is 4.98 Å². The summed E-state index contributed by atoms with van der Waals surface area (Å²) in [7, 11) is 0. The SMILES string of the molecule is CC(C)NC(=O)Cn1c(SCC(=O)O)nc2ccccc21. The minimum Gasteiger partial charge on any atom is -0.481 e. The molecule has 1 aromatic carbocycles. The third-order valence-electron chi connectivity index (χ3n) is 2.70. The molecule has 2 N–H and O–H groups in total. The first-order chi connectivity index (χ1) is 9.97. The normalized spacial score (nSPS) is 11.0. The fraction of sp³-hybridized carbons (Fsp3) is 0.357. The molecule has 6 nitrogen and oxygen atoms in total. The zero-order valence-corrected chi connectivity index (χ0v) is 12.7. The molecular formula is C14H17N3O3S. The Bertz CT molecular complexity index is 667. The van der Waals surface area contributed by atoms with Crippen LogP contribution >= 0.6 is 11.8 Å². The predicted octanol–water partition coefficient (Wildman–Crippen LogP) is 1.74. The number of benzene rings is 1. The number of aromatic nitrogens is 2. The number of carboxylic acid groups (broad SMARTS) is 1. The fourth-order valence-electron chi connectivity index (χ4n) is 1.95. The largest absolute Gasteiger partial charge is 0.481 e. The Balaban J connectivity index is 2.31. The Labute approximate surface area is 126 Å². The molecule has 0 bridgehead atoms. The molecule has 0 unspecified atom stereocenters. The molecule has 2 aromatic rings. The average Bonchev–Trinajstić information content (AvgIpc) is 2.74. The van der Waals surface area contributed by atoms with Crippen molar-refractivity contribution in [2.45, 2.75) is 31.6 Å². The van der Waals surface area contributed by atoms with Crippen molar-refractivity contribution in [3.63, 3.8) is 0 Å². The number of imidazole rings is 1. The maximum atomic E-state index is 12.0. The summed E-state index contributed by atoms with van der Waals surface area (Å²) in [6, 6.07) is 7.50. The van der Waals surface area contributed by atoms with E-state index in [2.05, 4.69) is 10.3 Å². The molecule has 0 radical (unpaired) electrons. The molecule has 0 aliphatic rings. The van der Waals surface area contributed by atoms with Gasteiger partial charge in [0.05, 0.1) is 16.8 Å².